The molecule has 2 fully saturated rings. The first-order chi connectivity index (χ1) is 7.22. The molecule has 1 aliphatic carbocycles. The molecule has 1 nitrogen and oxygen atoms in total. The summed E-state index contributed by atoms with van der Waals surface area (Å²) in [6.07, 6.45) is 7.43. The lowest BCUT2D eigenvalue weighted by Crippen LogP contribution is -2.37. The van der Waals surface area contributed by atoms with Gasteiger partial charge in [-0.3, -0.25) is 4.79 Å². The zero-order chi connectivity index (χ0) is 10.7. The molecule has 0 N–H and O–H groups in total. The molecular formula is C12H20OS2. The first-order valence-corrected chi connectivity index (χ1v) is 8.02. The fraction of sp³-hybridized carbons (Fsp3) is 0.917. The number of hydrogen-bond donors (Lipinski definition) is 0. The lowest BCUT2D eigenvalue weighted by Gasteiger charge is -2.35. The monoisotopic (exact) mass is 244 g/mol. The van der Waals surface area contributed by atoms with Crippen LogP contribution in [-0.2, 0) is 4.79 Å². The maximum absolute atomic E-state index is 12.4. The maximum Gasteiger partial charge on any atom is 0.161 e. The molecule has 1 heterocycles. The highest BCUT2D eigenvalue weighted by Crippen LogP contribution is 2.45. The Morgan fingerprint density at radius 3 is 2.27 bits per heavy atom. The summed E-state index contributed by atoms with van der Waals surface area (Å²) in [5.41, 5.74) is 0. The number of carbonyl (C=O) groups excluding carboxylic acids is 1. The van der Waals surface area contributed by atoms with Crippen molar-refractivity contribution in [1.82, 2.24) is 0 Å². The predicted molar refractivity (Wildman–Crippen MR) is 69.5 cm³/mol. The fourth-order valence-electron chi connectivity index (χ4n) is 2.51. The molecule has 0 radical (unpaired) electrons. The molecule has 0 aromatic carbocycles. The van der Waals surface area contributed by atoms with E-state index in [1.165, 1.54) is 37.2 Å². The Hall–Kier alpha value is 0.370. The van der Waals surface area contributed by atoms with E-state index in [1.807, 2.05) is 23.5 Å². The van der Waals surface area contributed by atoms with Gasteiger partial charge in [-0.05, 0) is 37.7 Å². The Kier molecular flexibility index (Phi) is 4.05. The number of thioether (sulfide) groups is 2. The SMILES string of the molecule is CC1(C(=O)C2CCCCC2)SCCCS1. The Labute approximate surface area is 101 Å². The second kappa shape index (κ2) is 5.13. The smallest absolute Gasteiger partial charge is 0.161 e. The number of ketones is 1. The minimum absolute atomic E-state index is 0.111. The van der Waals surface area contributed by atoms with Gasteiger partial charge in [0.1, 0.15) is 4.08 Å². The van der Waals surface area contributed by atoms with E-state index in [0.717, 1.165) is 12.8 Å². The molecule has 1 saturated carbocycles. The van der Waals surface area contributed by atoms with Crippen LogP contribution in [0.1, 0.15) is 45.4 Å². The highest BCUT2D eigenvalue weighted by atomic mass is 32.2. The van der Waals surface area contributed by atoms with E-state index >= 15 is 0 Å². The lowest BCUT2D eigenvalue weighted by atomic mass is 9.85. The summed E-state index contributed by atoms with van der Waals surface area (Å²) in [6.45, 7) is 2.15. The Morgan fingerprint density at radius 2 is 1.67 bits per heavy atom. The third-order valence-corrected chi connectivity index (χ3v) is 6.66. The Balaban J connectivity index is 1.98. The maximum atomic E-state index is 12.4. The van der Waals surface area contributed by atoms with Crippen molar-refractivity contribution in [2.75, 3.05) is 11.5 Å². The zero-order valence-electron chi connectivity index (χ0n) is 9.46. The topological polar surface area (TPSA) is 17.1 Å². The van der Waals surface area contributed by atoms with Crippen LogP contribution in [0.2, 0.25) is 0 Å². The van der Waals surface area contributed by atoms with Crippen molar-refractivity contribution in [3.63, 3.8) is 0 Å². The van der Waals surface area contributed by atoms with Crippen molar-refractivity contribution < 1.29 is 4.79 Å². The van der Waals surface area contributed by atoms with E-state index in [4.69, 9.17) is 0 Å². The van der Waals surface area contributed by atoms with Crippen LogP contribution in [0.25, 0.3) is 0 Å². The van der Waals surface area contributed by atoms with Gasteiger partial charge < -0.3 is 0 Å². The second-order valence-corrected chi connectivity index (χ2v) is 7.98. The number of hydrogen-bond acceptors (Lipinski definition) is 3. The lowest BCUT2D eigenvalue weighted by molar-refractivity contribution is -0.123. The van der Waals surface area contributed by atoms with E-state index in [2.05, 4.69) is 6.92 Å². The molecule has 0 amide bonds. The van der Waals surface area contributed by atoms with Gasteiger partial charge in [0.15, 0.2) is 5.78 Å². The molecule has 0 atom stereocenters. The van der Waals surface area contributed by atoms with Crippen molar-refractivity contribution in [2.24, 2.45) is 5.92 Å². The third-order valence-electron chi connectivity index (χ3n) is 3.47. The van der Waals surface area contributed by atoms with E-state index in [0.29, 0.717) is 11.7 Å². The summed E-state index contributed by atoms with van der Waals surface area (Å²) < 4.78 is -0.111. The highest BCUT2D eigenvalue weighted by molar-refractivity contribution is 8.19. The number of carbonyl (C=O) groups is 1. The minimum Gasteiger partial charge on any atom is -0.297 e. The van der Waals surface area contributed by atoms with E-state index in [1.54, 1.807) is 0 Å². The van der Waals surface area contributed by atoms with Gasteiger partial charge in [-0.15, -0.1) is 23.5 Å². The van der Waals surface area contributed by atoms with Gasteiger partial charge in [-0.2, -0.15) is 0 Å². The summed E-state index contributed by atoms with van der Waals surface area (Å²) in [7, 11) is 0. The Morgan fingerprint density at radius 1 is 1.07 bits per heavy atom. The van der Waals surface area contributed by atoms with Crippen LogP contribution in [0, 0.1) is 5.92 Å². The van der Waals surface area contributed by atoms with Crippen molar-refractivity contribution in [3.8, 4) is 0 Å². The third kappa shape index (κ3) is 2.73. The van der Waals surface area contributed by atoms with E-state index < -0.39 is 0 Å². The molecule has 15 heavy (non-hydrogen) atoms. The molecular weight excluding hydrogens is 224 g/mol. The van der Waals surface area contributed by atoms with Crippen LogP contribution in [0.3, 0.4) is 0 Å². The van der Waals surface area contributed by atoms with E-state index in [-0.39, 0.29) is 4.08 Å². The molecule has 0 bridgehead atoms. The van der Waals surface area contributed by atoms with Gasteiger partial charge in [0.25, 0.3) is 0 Å². The predicted octanol–water partition coefficient (Wildman–Crippen LogP) is 3.72. The molecule has 0 unspecified atom stereocenters. The molecule has 86 valence electrons. The highest BCUT2D eigenvalue weighted by Gasteiger charge is 2.40. The summed E-state index contributed by atoms with van der Waals surface area (Å²) in [5.74, 6) is 3.25. The average molecular weight is 244 g/mol. The normalized spacial score (nSPS) is 27.5. The summed E-state index contributed by atoms with van der Waals surface area (Å²) >= 11 is 3.76. The molecule has 0 aromatic rings. The molecule has 0 spiro atoms. The van der Waals surface area contributed by atoms with Gasteiger partial charge in [-0.25, -0.2) is 0 Å². The summed E-state index contributed by atoms with van der Waals surface area (Å²) in [6, 6.07) is 0. The Bertz CT molecular complexity index is 228. The number of Topliss-reactive ketones (excluding diaryl/α,β-unsaturated/α-hetero) is 1. The fourth-order valence-corrected chi connectivity index (χ4v) is 5.50. The van der Waals surface area contributed by atoms with Crippen molar-refractivity contribution in [2.45, 2.75) is 49.5 Å². The number of rotatable bonds is 2. The largest absolute Gasteiger partial charge is 0.297 e. The van der Waals surface area contributed by atoms with Crippen LogP contribution >= 0.6 is 23.5 Å². The molecule has 3 heteroatoms. The van der Waals surface area contributed by atoms with Crippen LogP contribution in [0.5, 0.6) is 0 Å². The summed E-state index contributed by atoms with van der Waals surface area (Å²) in [4.78, 5) is 12.4. The van der Waals surface area contributed by atoms with Gasteiger partial charge in [0.05, 0.1) is 0 Å². The van der Waals surface area contributed by atoms with Gasteiger partial charge >= 0.3 is 0 Å². The standard InChI is InChI=1S/C12H20OS2/c1-12(14-8-5-9-15-12)11(13)10-6-3-2-4-7-10/h10H,2-9H2,1H3. The van der Waals surface area contributed by atoms with Crippen molar-refractivity contribution >= 4 is 29.3 Å². The zero-order valence-corrected chi connectivity index (χ0v) is 11.1. The second-order valence-electron chi connectivity index (χ2n) is 4.70. The molecule has 2 aliphatic rings. The molecule has 1 aliphatic heterocycles. The first kappa shape index (κ1) is 11.8. The van der Waals surface area contributed by atoms with Crippen LogP contribution in [0.15, 0.2) is 0 Å². The first-order valence-electron chi connectivity index (χ1n) is 6.04. The average Bonchev–Trinajstić information content (AvgIpc) is 2.30. The van der Waals surface area contributed by atoms with Crippen molar-refractivity contribution in [3.05, 3.63) is 0 Å². The van der Waals surface area contributed by atoms with Gasteiger partial charge in [0.2, 0.25) is 0 Å². The molecule has 1 saturated heterocycles. The van der Waals surface area contributed by atoms with Gasteiger partial charge in [-0.1, -0.05) is 19.3 Å². The van der Waals surface area contributed by atoms with Crippen LogP contribution in [-0.4, -0.2) is 21.4 Å². The van der Waals surface area contributed by atoms with E-state index in [9.17, 15) is 4.79 Å². The van der Waals surface area contributed by atoms with Crippen LogP contribution in [0.4, 0.5) is 0 Å². The van der Waals surface area contributed by atoms with Crippen LogP contribution < -0.4 is 0 Å². The van der Waals surface area contributed by atoms with Crippen molar-refractivity contribution in [1.29, 1.82) is 0 Å². The van der Waals surface area contributed by atoms with Gasteiger partial charge in [0, 0.05) is 5.92 Å². The molecule has 2 rings (SSSR count). The minimum atomic E-state index is -0.111. The molecule has 0 aromatic heterocycles. The quantitative estimate of drug-likeness (QED) is 0.737. The summed E-state index contributed by atoms with van der Waals surface area (Å²) in [5, 5.41) is 0.